The molecule has 0 radical (unpaired) electrons. The third-order valence-corrected chi connectivity index (χ3v) is 11.7. The van der Waals surface area contributed by atoms with Gasteiger partial charge in [0.1, 0.15) is 16.9 Å². The average molecular weight is 815 g/mol. The first-order valence-corrected chi connectivity index (χ1v) is 17.6. The normalized spacial score (nSPS) is 21.4. The summed E-state index contributed by atoms with van der Waals surface area (Å²) in [7, 11) is 0. The number of hydrogen-bond acceptors (Lipinski definition) is 8. The number of hydrogen-bond donors (Lipinski definition) is 1. The molecule has 13 nitrogen and oxygen atoms in total. The summed E-state index contributed by atoms with van der Waals surface area (Å²) in [5.74, 6) is -4.04. The molecule has 3 aromatic heterocycles. The van der Waals surface area contributed by atoms with Crippen molar-refractivity contribution in [3.63, 3.8) is 0 Å². The zero-order valence-corrected chi connectivity index (χ0v) is 29.6. The van der Waals surface area contributed by atoms with Crippen LogP contribution in [0.5, 0.6) is 0 Å². The summed E-state index contributed by atoms with van der Waals surface area (Å²) in [6.07, 6.45) is -11.1. The van der Waals surface area contributed by atoms with Crippen LogP contribution in [-0.2, 0) is 22.9 Å². The van der Waals surface area contributed by atoms with Crippen molar-refractivity contribution in [2.45, 2.75) is 75.1 Å². The lowest BCUT2D eigenvalue weighted by Crippen LogP contribution is -2.64. The summed E-state index contributed by atoms with van der Waals surface area (Å²) in [5, 5.41) is 21.9. The largest absolute Gasteiger partial charge is 0.478 e. The zero-order valence-electron chi connectivity index (χ0n) is 29.6. The van der Waals surface area contributed by atoms with Crippen molar-refractivity contribution >= 4 is 17.8 Å². The van der Waals surface area contributed by atoms with Crippen LogP contribution in [0.3, 0.4) is 0 Å². The topological polar surface area (TPSA) is 152 Å². The molecule has 22 heteroatoms. The van der Waals surface area contributed by atoms with Crippen molar-refractivity contribution < 1.29 is 63.5 Å². The van der Waals surface area contributed by atoms with Gasteiger partial charge in [-0.1, -0.05) is 11.2 Å². The maximum absolute atomic E-state index is 13.9. The van der Waals surface area contributed by atoms with Gasteiger partial charge in [0.15, 0.2) is 5.82 Å². The van der Waals surface area contributed by atoms with E-state index in [2.05, 4.69) is 20.3 Å². The van der Waals surface area contributed by atoms with Gasteiger partial charge in [0, 0.05) is 44.0 Å². The van der Waals surface area contributed by atoms with Crippen LogP contribution in [0, 0.1) is 10.8 Å². The predicted molar refractivity (Wildman–Crippen MR) is 172 cm³/mol. The maximum atomic E-state index is 13.9. The fourth-order valence-electron chi connectivity index (χ4n) is 8.00. The van der Waals surface area contributed by atoms with Gasteiger partial charge in [0.2, 0.25) is 5.91 Å². The minimum Gasteiger partial charge on any atom is -0.478 e. The van der Waals surface area contributed by atoms with E-state index in [0.29, 0.717) is 6.07 Å². The lowest BCUT2D eigenvalue weighted by Gasteiger charge is -2.51. The third kappa shape index (κ3) is 6.30. The number of alkyl halides is 9. The summed E-state index contributed by atoms with van der Waals surface area (Å²) >= 11 is 0. The molecule has 2 unspecified atom stereocenters. The monoisotopic (exact) mass is 814 g/mol. The van der Waals surface area contributed by atoms with Gasteiger partial charge in [-0.25, -0.2) is 4.79 Å². The van der Waals surface area contributed by atoms with E-state index in [0.717, 1.165) is 21.7 Å². The van der Waals surface area contributed by atoms with Gasteiger partial charge in [-0.3, -0.25) is 19.0 Å². The van der Waals surface area contributed by atoms with Crippen molar-refractivity contribution in [1.29, 1.82) is 0 Å². The van der Waals surface area contributed by atoms with Crippen LogP contribution >= 0.6 is 0 Å². The molecular formula is C35H31F9N8O5. The Morgan fingerprint density at radius 1 is 0.947 bits per heavy atom. The highest BCUT2D eigenvalue weighted by atomic mass is 19.4. The van der Waals surface area contributed by atoms with Gasteiger partial charge < -0.3 is 19.4 Å². The van der Waals surface area contributed by atoms with Crippen molar-refractivity contribution in [2.24, 2.45) is 10.8 Å². The molecule has 1 spiro atoms. The summed E-state index contributed by atoms with van der Waals surface area (Å²) in [6, 6.07) is 2.65. The summed E-state index contributed by atoms with van der Waals surface area (Å²) in [5.41, 5.74) is -7.47. The van der Waals surface area contributed by atoms with Crippen LogP contribution in [0.25, 0.3) is 0 Å². The summed E-state index contributed by atoms with van der Waals surface area (Å²) in [4.78, 5) is 45.8. The molecule has 8 rings (SSSR count). The van der Waals surface area contributed by atoms with Crippen molar-refractivity contribution in [3.8, 4) is 0 Å². The van der Waals surface area contributed by atoms with Crippen molar-refractivity contribution in [2.75, 3.05) is 26.2 Å². The van der Waals surface area contributed by atoms with Gasteiger partial charge in [0.25, 0.3) is 11.8 Å². The number of likely N-dealkylation sites (tertiary alicyclic amines) is 2. The van der Waals surface area contributed by atoms with E-state index in [4.69, 9.17) is 4.52 Å². The Kier molecular flexibility index (Phi) is 8.45. The number of rotatable bonds is 9. The molecule has 4 aromatic rings. The first kappa shape index (κ1) is 38.4. The number of carbonyl (C=O) groups excluding carboxylic acids is 2. The van der Waals surface area contributed by atoms with Gasteiger partial charge in [-0.2, -0.15) is 54.7 Å². The van der Waals surface area contributed by atoms with Gasteiger partial charge >= 0.3 is 24.5 Å². The van der Waals surface area contributed by atoms with E-state index in [9.17, 15) is 59.0 Å². The molecule has 2 atom stereocenters. The van der Waals surface area contributed by atoms with E-state index in [-0.39, 0.29) is 86.9 Å². The Bertz CT molecular complexity index is 2260. The van der Waals surface area contributed by atoms with E-state index in [1.165, 1.54) is 34.2 Å². The molecule has 5 heterocycles. The maximum Gasteiger partial charge on any atom is 0.416 e. The lowest BCUT2D eigenvalue weighted by molar-refractivity contribution is -0.204. The van der Waals surface area contributed by atoms with E-state index in [1.54, 1.807) is 6.92 Å². The predicted octanol–water partition coefficient (Wildman–Crippen LogP) is 5.84. The highest BCUT2D eigenvalue weighted by Crippen LogP contribution is 2.61. The van der Waals surface area contributed by atoms with E-state index < -0.39 is 75.6 Å². The van der Waals surface area contributed by atoms with Crippen LogP contribution in [0.1, 0.15) is 93.8 Å². The first-order chi connectivity index (χ1) is 26.6. The van der Waals surface area contributed by atoms with Gasteiger partial charge in [-0.05, 0) is 56.4 Å². The quantitative estimate of drug-likeness (QED) is 0.206. The second-order valence-corrected chi connectivity index (χ2v) is 15.4. The molecule has 2 saturated heterocycles. The molecule has 2 aliphatic carbocycles. The number of amides is 2. The van der Waals surface area contributed by atoms with Gasteiger partial charge in [-0.15, -0.1) is 0 Å². The number of nitrogens with zero attached hydrogens (tertiary/aromatic N) is 8. The number of aromatic nitrogens is 6. The summed E-state index contributed by atoms with van der Waals surface area (Å²) in [6.45, 7) is 0.755. The van der Waals surface area contributed by atoms with Crippen LogP contribution in [-0.4, -0.2) is 101 Å². The number of aromatic carboxylic acids is 1. The minimum atomic E-state index is -4.79. The van der Waals surface area contributed by atoms with Gasteiger partial charge in [0.05, 0.1) is 41.0 Å². The molecule has 2 aliphatic heterocycles. The number of carbonyl (C=O) groups is 3. The average Bonchev–Trinajstić information content (AvgIpc) is 3.82. The lowest BCUT2D eigenvalue weighted by atomic mass is 9.70. The fourth-order valence-corrected chi connectivity index (χ4v) is 8.00. The highest BCUT2D eigenvalue weighted by molar-refractivity contribution is 5.94. The molecule has 4 fully saturated rings. The van der Waals surface area contributed by atoms with Crippen LogP contribution in [0.15, 0.2) is 47.4 Å². The molecule has 57 heavy (non-hydrogen) atoms. The number of carboxylic acids is 1. The molecular weight excluding hydrogens is 783 g/mol. The number of carboxylic acid groups (broad SMARTS) is 1. The molecule has 1 N–H and O–H groups in total. The molecule has 304 valence electrons. The van der Waals surface area contributed by atoms with Crippen molar-refractivity contribution in [3.05, 3.63) is 82.5 Å². The Morgan fingerprint density at radius 2 is 1.63 bits per heavy atom. The molecule has 2 saturated carbocycles. The smallest absolute Gasteiger partial charge is 0.416 e. The number of halogens is 9. The SMILES string of the molecule is CC(c1nc(C2CN(C(=O)c3cnn(Cc4ccc(C(F)(F)F)cc4C(=O)O)c3)CC23CN(C(=O)C2(C(F)(F)F)CC2)C3)no1)n1ccc(C2(C(F)(F)F)CC2)n1. The molecule has 4 aliphatic rings. The molecule has 0 bridgehead atoms. The highest BCUT2D eigenvalue weighted by Gasteiger charge is 2.72. The molecule has 1 aromatic carbocycles. The van der Waals surface area contributed by atoms with Crippen molar-refractivity contribution in [1.82, 2.24) is 39.5 Å². The number of benzene rings is 1. The summed E-state index contributed by atoms with van der Waals surface area (Å²) < 4.78 is 130. The zero-order chi connectivity index (χ0) is 41.1. The van der Waals surface area contributed by atoms with Crippen LogP contribution in [0.2, 0.25) is 0 Å². The van der Waals surface area contributed by atoms with E-state index >= 15 is 0 Å². The first-order valence-electron chi connectivity index (χ1n) is 17.6. The Hall–Kier alpha value is -5.44. The Balaban J connectivity index is 1.03. The fraction of sp³-hybridized carbons (Fsp3) is 0.514. The third-order valence-electron chi connectivity index (χ3n) is 11.7. The second kappa shape index (κ2) is 12.5. The Morgan fingerprint density at radius 3 is 2.23 bits per heavy atom. The van der Waals surface area contributed by atoms with Crippen LogP contribution < -0.4 is 0 Å². The standard InChI is InChI=1S/C35H31F9N8O5/c1-18(52-9-4-24(47-52)31(5-6-31)34(39,40)41)26-46-25(48-57-26)23-14-49(15-30(23)16-50(17-30)29(56)32(7-8-32)35(42,43)44)27(53)20-11-45-51(13-20)12-19-2-3-21(33(36,37)38)10-22(19)28(54)55/h2-4,9-11,13,18,23H,5-8,12,14-17H2,1H3,(H,54,55). The minimum absolute atomic E-state index is 0.0000446. The van der Waals surface area contributed by atoms with E-state index in [1.807, 2.05) is 0 Å². The van der Waals surface area contributed by atoms with Crippen LogP contribution in [0.4, 0.5) is 39.5 Å². The second-order valence-electron chi connectivity index (χ2n) is 15.4. The Labute approximate surface area is 315 Å². The molecule has 2 amide bonds.